The SMILES string of the molecule is Cc1ccc2c(c1)cc(C(=O)NCc1ccc(COC=O)cc1)n2C. The van der Waals surface area contributed by atoms with E-state index in [0.717, 1.165) is 22.0 Å². The van der Waals surface area contributed by atoms with Crippen LogP contribution >= 0.6 is 0 Å². The largest absolute Gasteiger partial charge is 0.463 e. The summed E-state index contributed by atoms with van der Waals surface area (Å²) in [6, 6.07) is 15.6. The van der Waals surface area contributed by atoms with Gasteiger partial charge in [0.25, 0.3) is 12.4 Å². The molecule has 5 heteroatoms. The summed E-state index contributed by atoms with van der Waals surface area (Å²) < 4.78 is 6.62. The lowest BCUT2D eigenvalue weighted by atomic mass is 10.1. The summed E-state index contributed by atoms with van der Waals surface area (Å²) in [7, 11) is 1.90. The third-order valence-electron chi connectivity index (χ3n) is 4.22. The molecule has 0 unspecified atom stereocenters. The van der Waals surface area contributed by atoms with E-state index in [1.807, 2.05) is 61.0 Å². The van der Waals surface area contributed by atoms with Crippen molar-refractivity contribution in [2.45, 2.75) is 20.1 Å². The number of hydrogen-bond acceptors (Lipinski definition) is 3. The van der Waals surface area contributed by atoms with Crippen LogP contribution in [0.3, 0.4) is 0 Å². The molecule has 128 valence electrons. The molecule has 3 rings (SSSR count). The van der Waals surface area contributed by atoms with E-state index in [0.29, 0.717) is 18.7 Å². The van der Waals surface area contributed by atoms with Crippen molar-refractivity contribution < 1.29 is 14.3 Å². The van der Waals surface area contributed by atoms with E-state index in [4.69, 9.17) is 4.74 Å². The highest BCUT2D eigenvalue weighted by atomic mass is 16.5. The molecule has 1 amide bonds. The van der Waals surface area contributed by atoms with Gasteiger partial charge in [-0.05, 0) is 36.2 Å². The summed E-state index contributed by atoms with van der Waals surface area (Å²) in [5.74, 6) is -0.107. The molecule has 0 fully saturated rings. The summed E-state index contributed by atoms with van der Waals surface area (Å²) in [6.07, 6.45) is 0. The number of amides is 1. The molecular weight excluding hydrogens is 316 g/mol. The molecule has 0 aliphatic heterocycles. The molecule has 2 aromatic carbocycles. The van der Waals surface area contributed by atoms with E-state index >= 15 is 0 Å². The van der Waals surface area contributed by atoms with Crippen LogP contribution in [0, 0.1) is 6.92 Å². The van der Waals surface area contributed by atoms with Crippen LogP contribution in [0.2, 0.25) is 0 Å². The number of benzene rings is 2. The van der Waals surface area contributed by atoms with Gasteiger partial charge in [0.05, 0.1) is 0 Å². The fraction of sp³-hybridized carbons (Fsp3) is 0.200. The number of aryl methyl sites for hydroxylation is 2. The number of fused-ring (bicyclic) bond motifs is 1. The third kappa shape index (κ3) is 3.71. The van der Waals surface area contributed by atoms with E-state index in [1.54, 1.807) is 0 Å². The topological polar surface area (TPSA) is 60.3 Å². The Morgan fingerprint density at radius 3 is 2.56 bits per heavy atom. The van der Waals surface area contributed by atoms with Crippen LogP contribution in [-0.4, -0.2) is 16.9 Å². The van der Waals surface area contributed by atoms with Gasteiger partial charge in [-0.2, -0.15) is 0 Å². The normalized spacial score (nSPS) is 10.6. The number of carbonyl (C=O) groups is 2. The van der Waals surface area contributed by atoms with E-state index in [-0.39, 0.29) is 12.5 Å². The monoisotopic (exact) mass is 336 g/mol. The van der Waals surface area contributed by atoms with Gasteiger partial charge in [-0.3, -0.25) is 9.59 Å². The number of nitrogens with one attached hydrogen (secondary N) is 1. The maximum absolute atomic E-state index is 12.5. The first-order valence-corrected chi connectivity index (χ1v) is 8.06. The second-order valence-electron chi connectivity index (χ2n) is 6.06. The van der Waals surface area contributed by atoms with Crippen molar-refractivity contribution in [3.8, 4) is 0 Å². The molecule has 1 N–H and O–H groups in total. The molecule has 0 saturated heterocycles. The maximum Gasteiger partial charge on any atom is 0.293 e. The number of nitrogens with zero attached hydrogens (tertiary/aromatic N) is 1. The molecule has 1 heterocycles. The van der Waals surface area contributed by atoms with Gasteiger partial charge in [-0.1, -0.05) is 35.9 Å². The summed E-state index contributed by atoms with van der Waals surface area (Å²) in [4.78, 5) is 22.7. The summed E-state index contributed by atoms with van der Waals surface area (Å²) in [5, 5.41) is 4.01. The van der Waals surface area contributed by atoms with Gasteiger partial charge in [0.1, 0.15) is 12.3 Å². The van der Waals surface area contributed by atoms with Gasteiger partial charge in [-0.25, -0.2) is 0 Å². The van der Waals surface area contributed by atoms with Gasteiger partial charge in [0.15, 0.2) is 0 Å². The molecule has 0 spiro atoms. The first-order valence-electron chi connectivity index (χ1n) is 8.06. The van der Waals surface area contributed by atoms with Crippen LogP contribution in [0.1, 0.15) is 27.2 Å². The van der Waals surface area contributed by atoms with Crippen LogP contribution in [-0.2, 0) is 29.7 Å². The Morgan fingerprint density at radius 2 is 1.84 bits per heavy atom. The second kappa shape index (κ2) is 7.21. The highest BCUT2D eigenvalue weighted by Gasteiger charge is 2.13. The quantitative estimate of drug-likeness (QED) is 0.704. The summed E-state index contributed by atoms with van der Waals surface area (Å²) >= 11 is 0. The van der Waals surface area contributed by atoms with Gasteiger partial charge < -0.3 is 14.6 Å². The van der Waals surface area contributed by atoms with E-state index in [1.165, 1.54) is 5.56 Å². The van der Waals surface area contributed by atoms with Gasteiger partial charge >= 0.3 is 0 Å². The molecule has 1 aromatic heterocycles. The van der Waals surface area contributed by atoms with Crippen molar-refractivity contribution in [2.75, 3.05) is 0 Å². The molecule has 0 aliphatic carbocycles. The lowest BCUT2D eigenvalue weighted by molar-refractivity contribution is -0.129. The van der Waals surface area contributed by atoms with Crippen LogP contribution in [0.5, 0.6) is 0 Å². The molecule has 0 bridgehead atoms. The number of ether oxygens (including phenoxy) is 1. The lowest BCUT2D eigenvalue weighted by Crippen LogP contribution is -2.24. The van der Waals surface area contributed by atoms with Gasteiger partial charge in [0, 0.05) is 24.5 Å². The minimum Gasteiger partial charge on any atom is -0.463 e. The van der Waals surface area contributed by atoms with Crippen LogP contribution in [0.25, 0.3) is 10.9 Å². The molecule has 5 nitrogen and oxygen atoms in total. The Kier molecular flexibility index (Phi) is 4.84. The van der Waals surface area contributed by atoms with Crippen molar-refractivity contribution >= 4 is 23.3 Å². The predicted molar refractivity (Wildman–Crippen MR) is 96.1 cm³/mol. The fourth-order valence-electron chi connectivity index (χ4n) is 2.84. The molecule has 0 saturated carbocycles. The highest BCUT2D eigenvalue weighted by molar-refractivity contribution is 5.98. The van der Waals surface area contributed by atoms with Crippen LogP contribution in [0.4, 0.5) is 0 Å². The highest BCUT2D eigenvalue weighted by Crippen LogP contribution is 2.20. The standard InChI is InChI=1S/C20H20N2O3/c1-14-3-8-18-17(9-14)10-19(22(18)2)20(24)21-11-15-4-6-16(7-5-15)12-25-13-23/h3-10,13H,11-12H2,1-2H3,(H,21,24). The fourth-order valence-corrected chi connectivity index (χ4v) is 2.84. The Labute approximate surface area is 146 Å². The zero-order chi connectivity index (χ0) is 17.8. The molecule has 3 aromatic rings. The minimum atomic E-state index is -0.107. The Hall–Kier alpha value is -3.08. The van der Waals surface area contributed by atoms with Gasteiger partial charge in [0.2, 0.25) is 0 Å². The average Bonchev–Trinajstić information content (AvgIpc) is 2.94. The first kappa shape index (κ1) is 16.8. The molecular formula is C20H20N2O3. The maximum atomic E-state index is 12.5. The minimum absolute atomic E-state index is 0.107. The molecule has 0 radical (unpaired) electrons. The Bertz CT molecular complexity index is 911. The van der Waals surface area contributed by atoms with Crippen molar-refractivity contribution in [1.82, 2.24) is 9.88 Å². The van der Waals surface area contributed by atoms with Crippen molar-refractivity contribution in [3.63, 3.8) is 0 Å². The van der Waals surface area contributed by atoms with Gasteiger partial charge in [-0.15, -0.1) is 0 Å². The first-order chi connectivity index (χ1) is 12.1. The van der Waals surface area contributed by atoms with Crippen LogP contribution < -0.4 is 5.32 Å². The Morgan fingerprint density at radius 1 is 1.12 bits per heavy atom. The molecule has 0 aliphatic rings. The second-order valence-corrected chi connectivity index (χ2v) is 6.06. The van der Waals surface area contributed by atoms with E-state index in [9.17, 15) is 9.59 Å². The van der Waals surface area contributed by atoms with E-state index < -0.39 is 0 Å². The number of aromatic nitrogens is 1. The average molecular weight is 336 g/mol. The smallest absolute Gasteiger partial charge is 0.293 e. The summed E-state index contributed by atoms with van der Waals surface area (Å²) in [6.45, 7) is 3.16. The van der Waals surface area contributed by atoms with Crippen molar-refractivity contribution in [2.24, 2.45) is 7.05 Å². The molecule has 25 heavy (non-hydrogen) atoms. The lowest BCUT2D eigenvalue weighted by Gasteiger charge is -2.07. The predicted octanol–water partition coefficient (Wildman–Crippen LogP) is 3.09. The van der Waals surface area contributed by atoms with Crippen molar-refractivity contribution in [1.29, 1.82) is 0 Å². The Balaban J connectivity index is 1.68. The summed E-state index contributed by atoms with van der Waals surface area (Å²) in [5.41, 5.74) is 4.74. The van der Waals surface area contributed by atoms with Crippen molar-refractivity contribution in [3.05, 3.63) is 70.9 Å². The number of hydrogen-bond donors (Lipinski definition) is 1. The third-order valence-corrected chi connectivity index (χ3v) is 4.22. The zero-order valence-corrected chi connectivity index (χ0v) is 14.3. The number of carbonyl (C=O) groups excluding carboxylic acids is 2. The number of rotatable bonds is 6. The van der Waals surface area contributed by atoms with Crippen LogP contribution in [0.15, 0.2) is 48.5 Å². The zero-order valence-electron chi connectivity index (χ0n) is 14.3. The van der Waals surface area contributed by atoms with E-state index in [2.05, 4.69) is 11.4 Å². The molecule has 0 atom stereocenters.